The fourth-order valence-electron chi connectivity index (χ4n) is 2.44. The fourth-order valence-corrected chi connectivity index (χ4v) is 2.44. The Balaban J connectivity index is 0. The molecule has 4 nitrogen and oxygen atoms in total. The third kappa shape index (κ3) is 23.5. The molecular formula is C19H37O4-. The van der Waals surface area contributed by atoms with Gasteiger partial charge in [0.1, 0.15) is 0 Å². The van der Waals surface area contributed by atoms with Crippen molar-refractivity contribution < 1.29 is 20.0 Å². The first-order valence-electron chi connectivity index (χ1n) is 9.21. The van der Waals surface area contributed by atoms with E-state index in [2.05, 4.69) is 23.8 Å². The minimum atomic E-state index is -0.0763. The van der Waals surface area contributed by atoms with Crippen LogP contribution < -0.4 is 5.26 Å². The van der Waals surface area contributed by atoms with E-state index < -0.39 is 0 Å². The highest BCUT2D eigenvalue weighted by Crippen LogP contribution is 2.10. The van der Waals surface area contributed by atoms with Gasteiger partial charge in [0.05, 0.1) is 7.11 Å². The molecule has 0 aromatic carbocycles. The van der Waals surface area contributed by atoms with Crippen LogP contribution in [-0.2, 0) is 9.53 Å². The van der Waals surface area contributed by atoms with E-state index in [0.717, 1.165) is 12.8 Å². The van der Waals surface area contributed by atoms with Gasteiger partial charge in [-0.05, 0) is 32.1 Å². The van der Waals surface area contributed by atoms with Crippen molar-refractivity contribution in [1.82, 2.24) is 0 Å². The third-order valence-electron chi connectivity index (χ3n) is 3.87. The molecule has 4 heteroatoms. The van der Waals surface area contributed by atoms with Crippen LogP contribution in [0.2, 0.25) is 0 Å². The van der Waals surface area contributed by atoms with Crippen molar-refractivity contribution in [3.8, 4) is 0 Å². The molecule has 0 aromatic heterocycles. The summed E-state index contributed by atoms with van der Waals surface area (Å²) in [5.41, 5.74) is 0. The third-order valence-corrected chi connectivity index (χ3v) is 3.87. The molecule has 0 rings (SSSR count). The van der Waals surface area contributed by atoms with Crippen molar-refractivity contribution in [1.29, 1.82) is 0 Å². The number of esters is 1. The summed E-state index contributed by atoms with van der Waals surface area (Å²) < 4.78 is 4.62. The molecule has 0 radical (unpaired) electrons. The molecule has 23 heavy (non-hydrogen) atoms. The largest absolute Gasteiger partial charge is 0.727 e. The van der Waals surface area contributed by atoms with E-state index in [1.165, 1.54) is 77.7 Å². The molecule has 0 aromatic rings. The van der Waals surface area contributed by atoms with Gasteiger partial charge in [0.2, 0.25) is 0 Å². The first kappa shape index (κ1) is 24.4. The highest BCUT2D eigenvalue weighted by molar-refractivity contribution is 5.68. The van der Waals surface area contributed by atoms with Gasteiger partial charge in [-0.1, -0.05) is 70.4 Å². The average Bonchev–Trinajstić information content (AvgIpc) is 2.59. The SMILES string of the molecule is CCCCCCCCC=CCCCCCCCC(=O)OC.[O-]O. The number of methoxy groups -OCH3 is 1. The van der Waals surface area contributed by atoms with Crippen LogP contribution in [0, 0.1) is 0 Å². The maximum Gasteiger partial charge on any atom is 0.305 e. The van der Waals surface area contributed by atoms with Crippen LogP contribution >= 0.6 is 0 Å². The maximum atomic E-state index is 10.9. The van der Waals surface area contributed by atoms with Crippen LogP contribution in [0.25, 0.3) is 0 Å². The number of hydrogen-bond acceptors (Lipinski definition) is 4. The van der Waals surface area contributed by atoms with Crippen molar-refractivity contribution in [3.05, 3.63) is 12.2 Å². The van der Waals surface area contributed by atoms with Gasteiger partial charge in [0.25, 0.3) is 0 Å². The minimum absolute atomic E-state index is 0.0763. The van der Waals surface area contributed by atoms with Gasteiger partial charge in [-0.3, -0.25) is 4.79 Å². The molecule has 138 valence electrons. The normalized spacial score (nSPS) is 10.4. The van der Waals surface area contributed by atoms with Gasteiger partial charge in [-0.15, -0.1) is 0 Å². The maximum absolute atomic E-state index is 10.9. The van der Waals surface area contributed by atoms with Gasteiger partial charge in [-0.25, -0.2) is 0 Å². The van der Waals surface area contributed by atoms with Crippen LogP contribution in [0.3, 0.4) is 0 Å². The molecule has 1 N–H and O–H groups in total. The zero-order valence-electron chi connectivity index (χ0n) is 15.2. The van der Waals surface area contributed by atoms with Crippen LogP contribution in [0.1, 0.15) is 96.8 Å². The lowest BCUT2D eigenvalue weighted by Crippen LogP contribution is -1.98. The second kappa shape index (κ2) is 23.4. The van der Waals surface area contributed by atoms with Gasteiger partial charge in [0.15, 0.2) is 0 Å². The van der Waals surface area contributed by atoms with E-state index in [0.29, 0.717) is 6.42 Å². The monoisotopic (exact) mass is 329 g/mol. The zero-order chi connectivity index (χ0) is 17.6. The minimum Gasteiger partial charge on any atom is -0.727 e. The lowest BCUT2D eigenvalue weighted by atomic mass is 10.1. The van der Waals surface area contributed by atoms with Gasteiger partial charge < -0.3 is 15.3 Å². The quantitative estimate of drug-likeness (QED) is 0.151. The van der Waals surface area contributed by atoms with E-state index >= 15 is 0 Å². The lowest BCUT2D eigenvalue weighted by molar-refractivity contribution is -0.670. The zero-order valence-corrected chi connectivity index (χ0v) is 15.2. The average molecular weight is 330 g/mol. The second-order valence-electron chi connectivity index (χ2n) is 5.91. The molecule has 0 heterocycles. The summed E-state index contributed by atoms with van der Waals surface area (Å²) in [6.07, 6.45) is 22.0. The summed E-state index contributed by atoms with van der Waals surface area (Å²) in [5.74, 6) is -0.0763. The molecule has 0 aliphatic carbocycles. The molecule has 0 unspecified atom stereocenters. The number of carbonyl (C=O) groups excluding carboxylic acids is 1. The summed E-state index contributed by atoms with van der Waals surface area (Å²) >= 11 is 0. The standard InChI is InChI=1S/C19H36O2.H2O2/c1-3-4-5-6-7-8-9-10-11-12-13-14-15-16-17-18-19(20)21-2;1-2/h10-11H,3-9,12-18H2,1-2H3;1-2H/p-1. The van der Waals surface area contributed by atoms with E-state index in [4.69, 9.17) is 10.5 Å². The Morgan fingerprint density at radius 1 is 0.826 bits per heavy atom. The number of rotatable bonds is 15. The predicted molar refractivity (Wildman–Crippen MR) is 94.1 cm³/mol. The Morgan fingerprint density at radius 3 is 1.74 bits per heavy atom. The molecule has 0 spiro atoms. The Kier molecular flexibility index (Phi) is 24.8. The highest BCUT2D eigenvalue weighted by Gasteiger charge is 1.98. The summed E-state index contributed by atoms with van der Waals surface area (Å²) in [7, 11) is 1.46. The molecule has 0 saturated carbocycles. The number of carbonyl (C=O) groups is 1. The van der Waals surface area contributed by atoms with E-state index in [9.17, 15) is 4.79 Å². The number of ether oxygens (including phenoxy) is 1. The molecular weight excluding hydrogens is 292 g/mol. The van der Waals surface area contributed by atoms with Gasteiger partial charge >= 0.3 is 5.97 Å². The van der Waals surface area contributed by atoms with Crippen LogP contribution in [-0.4, -0.2) is 18.3 Å². The van der Waals surface area contributed by atoms with Crippen molar-refractivity contribution in [2.24, 2.45) is 0 Å². The van der Waals surface area contributed by atoms with Gasteiger partial charge in [0, 0.05) is 6.42 Å². The Labute approximate surface area is 142 Å². The van der Waals surface area contributed by atoms with E-state index in [1.807, 2.05) is 0 Å². The fraction of sp³-hybridized carbons (Fsp3) is 0.842. The first-order chi connectivity index (χ1) is 11.3. The molecule has 0 saturated heterocycles. The highest BCUT2D eigenvalue weighted by atomic mass is 17.0. The molecule has 0 aliphatic rings. The summed E-state index contributed by atoms with van der Waals surface area (Å²) in [5, 5.41) is 13.0. The summed E-state index contributed by atoms with van der Waals surface area (Å²) in [6, 6.07) is 0. The van der Waals surface area contributed by atoms with Crippen molar-refractivity contribution in [2.75, 3.05) is 7.11 Å². The van der Waals surface area contributed by atoms with Crippen LogP contribution in [0.5, 0.6) is 0 Å². The number of allylic oxidation sites excluding steroid dienone is 2. The molecule has 0 amide bonds. The van der Waals surface area contributed by atoms with Crippen molar-refractivity contribution in [3.63, 3.8) is 0 Å². The van der Waals surface area contributed by atoms with E-state index in [-0.39, 0.29) is 5.97 Å². The second-order valence-corrected chi connectivity index (χ2v) is 5.91. The topological polar surface area (TPSA) is 69.6 Å². The smallest absolute Gasteiger partial charge is 0.305 e. The number of hydrogen-bond donors (Lipinski definition) is 1. The Hall–Kier alpha value is -0.870. The van der Waals surface area contributed by atoms with Gasteiger partial charge in [-0.2, -0.15) is 0 Å². The lowest BCUT2D eigenvalue weighted by Gasteiger charge is -2.00. The Bertz CT molecular complexity index is 252. The van der Waals surface area contributed by atoms with E-state index in [1.54, 1.807) is 0 Å². The van der Waals surface area contributed by atoms with Crippen LogP contribution in [0.15, 0.2) is 12.2 Å². The predicted octanol–water partition coefficient (Wildman–Crippen LogP) is 5.02. The van der Waals surface area contributed by atoms with Crippen LogP contribution in [0.4, 0.5) is 0 Å². The molecule has 0 bridgehead atoms. The van der Waals surface area contributed by atoms with Crippen molar-refractivity contribution >= 4 is 5.97 Å². The summed E-state index contributed by atoms with van der Waals surface area (Å²) in [6.45, 7) is 2.27. The Morgan fingerprint density at radius 2 is 1.26 bits per heavy atom. The molecule has 0 fully saturated rings. The number of unbranched alkanes of at least 4 members (excludes halogenated alkanes) is 11. The molecule has 0 atom stereocenters. The van der Waals surface area contributed by atoms with Crippen molar-refractivity contribution in [2.45, 2.75) is 96.8 Å². The first-order valence-corrected chi connectivity index (χ1v) is 9.21. The summed E-state index contributed by atoms with van der Waals surface area (Å²) in [4.78, 5) is 10.9. The molecule has 0 aliphatic heterocycles.